The lowest BCUT2D eigenvalue weighted by Crippen LogP contribution is -2.45. The minimum Gasteiger partial charge on any atom is -0.497 e. The maximum Gasteiger partial charge on any atom is 0.358 e. The van der Waals surface area contributed by atoms with E-state index in [2.05, 4.69) is 89.5 Å². The molecule has 13 nitrogen and oxygen atoms in total. The topological polar surface area (TPSA) is 122 Å². The Balaban J connectivity index is 0.984. The predicted octanol–water partition coefficient (Wildman–Crippen LogP) is 11.0. The molecule has 2 bridgehead atoms. The Morgan fingerprint density at radius 1 is 0.915 bits per heavy atom. The lowest BCUT2D eigenvalue weighted by Gasteiger charge is -2.44. The first kappa shape index (κ1) is 49.1. The Morgan fingerprint density at radius 3 is 2.42 bits per heavy atom. The Hall–Kier alpha value is -5.54. The largest absolute Gasteiger partial charge is 0.497 e. The van der Waals surface area contributed by atoms with E-state index in [-0.39, 0.29) is 28.5 Å². The van der Waals surface area contributed by atoms with Gasteiger partial charge in [0.15, 0.2) is 10.8 Å². The van der Waals surface area contributed by atoms with E-state index < -0.39 is 5.97 Å². The second kappa shape index (κ2) is 20.5. The van der Waals surface area contributed by atoms with Crippen molar-refractivity contribution in [3.05, 3.63) is 119 Å². The summed E-state index contributed by atoms with van der Waals surface area (Å²) >= 11 is 1.65. The monoisotopic (exact) mass is 980 g/mol. The molecule has 2 atom stereocenters. The predicted molar refractivity (Wildman–Crippen MR) is 284 cm³/mol. The van der Waals surface area contributed by atoms with Crippen molar-refractivity contribution in [1.82, 2.24) is 34.9 Å². The van der Waals surface area contributed by atoms with Crippen molar-refractivity contribution < 1.29 is 19.0 Å². The molecule has 0 spiro atoms. The number of nitrogens with one attached hydrogen (secondary N) is 2. The molecular weight excluding hydrogens is 907 g/mol. The summed E-state index contributed by atoms with van der Waals surface area (Å²) in [6.45, 7) is 22.2. The molecule has 5 aromatic rings. The Morgan fingerprint density at radius 2 is 1.68 bits per heavy atom. The normalized spacial score (nSPS) is 24.2. The van der Waals surface area contributed by atoms with E-state index in [1.807, 2.05) is 48.7 Å². The van der Waals surface area contributed by atoms with E-state index in [0.717, 1.165) is 139 Å². The molecule has 14 heteroatoms. The van der Waals surface area contributed by atoms with Crippen molar-refractivity contribution in [2.45, 2.75) is 105 Å². The van der Waals surface area contributed by atoms with Crippen LogP contribution in [-0.2, 0) is 22.6 Å². The number of hydrogen-bond donors (Lipinski definition) is 2. The second-order valence-corrected chi connectivity index (χ2v) is 22.9. The number of fused-ring (bicyclic) bond motifs is 4. The lowest BCUT2D eigenvalue weighted by atomic mass is 9.64. The number of benzene rings is 2. The number of methoxy groups -OCH3 is 1. The number of carbonyl (C=O) groups is 1. The maximum absolute atomic E-state index is 14.7. The zero-order valence-corrected chi connectivity index (χ0v) is 43.7. The van der Waals surface area contributed by atoms with Gasteiger partial charge in [-0.3, -0.25) is 9.58 Å². The van der Waals surface area contributed by atoms with Crippen molar-refractivity contribution in [2.75, 3.05) is 76.9 Å². The van der Waals surface area contributed by atoms with Gasteiger partial charge in [0.1, 0.15) is 24.0 Å². The molecule has 5 aliphatic rings. The highest BCUT2D eigenvalue weighted by atomic mass is 32.1. The fourth-order valence-electron chi connectivity index (χ4n) is 12.6. The molecule has 3 fully saturated rings. The Kier molecular flexibility index (Phi) is 14.2. The van der Waals surface area contributed by atoms with E-state index in [4.69, 9.17) is 29.3 Å². The van der Waals surface area contributed by atoms with Crippen molar-refractivity contribution in [2.24, 2.45) is 16.2 Å². The van der Waals surface area contributed by atoms with Crippen LogP contribution >= 0.6 is 11.3 Å². The number of carbonyl (C=O) groups excluding carboxylic acids is 1. The number of piperazine rings is 1. The number of anilines is 2. The molecule has 2 N–H and O–H groups in total. The highest BCUT2D eigenvalue weighted by molar-refractivity contribution is 7.22. The summed E-state index contributed by atoms with van der Waals surface area (Å²) in [6, 6.07) is 20.0. The van der Waals surface area contributed by atoms with Crippen LogP contribution in [-0.4, -0.2) is 102 Å². The molecule has 376 valence electrons. The molecule has 3 aromatic heterocycles. The number of nitrogens with zero attached hydrogens (tertiary/aromatic N) is 7. The summed E-state index contributed by atoms with van der Waals surface area (Å²) in [4.78, 5) is 31.8. The first-order chi connectivity index (χ1) is 34.3. The molecule has 2 aromatic carbocycles. The van der Waals surface area contributed by atoms with E-state index in [0.29, 0.717) is 24.4 Å². The van der Waals surface area contributed by atoms with Crippen LogP contribution in [0, 0.1) is 23.2 Å². The number of esters is 1. The third kappa shape index (κ3) is 10.5. The van der Waals surface area contributed by atoms with E-state index in [1.54, 1.807) is 18.4 Å². The van der Waals surface area contributed by atoms with E-state index >= 15 is 0 Å². The lowest BCUT2D eigenvalue weighted by molar-refractivity contribution is -0.0309. The van der Waals surface area contributed by atoms with Gasteiger partial charge in [-0.2, -0.15) is 5.10 Å². The second-order valence-electron chi connectivity index (χ2n) is 21.8. The van der Waals surface area contributed by atoms with Gasteiger partial charge < -0.3 is 34.6 Å². The molecular formula is C57H73N9O4S. The molecule has 0 amide bonds. The number of hydrogen-bond acceptors (Lipinski definition) is 13. The number of aromatic nitrogens is 4. The minimum absolute atomic E-state index is 0.0903. The number of allylic oxidation sites excluding steroid dienone is 2. The number of rotatable bonds is 15. The summed E-state index contributed by atoms with van der Waals surface area (Å²) in [5.41, 5.74) is 9.63. The van der Waals surface area contributed by atoms with Gasteiger partial charge in [0.2, 0.25) is 0 Å². The van der Waals surface area contributed by atoms with Gasteiger partial charge in [0.25, 0.3) is 0 Å². The molecule has 2 unspecified atom stereocenters. The average Bonchev–Trinajstić information content (AvgIpc) is 3.86. The summed E-state index contributed by atoms with van der Waals surface area (Å²) in [6.07, 6.45) is 12.9. The third-order valence-corrected chi connectivity index (χ3v) is 17.4. The first-order valence-corrected chi connectivity index (χ1v) is 26.7. The van der Waals surface area contributed by atoms with Gasteiger partial charge in [0, 0.05) is 92.9 Å². The third-order valence-electron chi connectivity index (χ3n) is 16.4. The quantitative estimate of drug-likeness (QED) is 0.0767. The van der Waals surface area contributed by atoms with Crippen LogP contribution in [0.5, 0.6) is 5.75 Å². The van der Waals surface area contributed by atoms with Crippen molar-refractivity contribution in [3.8, 4) is 16.9 Å². The maximum atomic E-state index is 14.7. The highest BCUT2D eigenvalue weighted by Gasteiger charge is 2.49. The van der Waals surface area contributed by atoms with Gasteiger partial charge in [0.05, 0.1) is 36.7 Å². The first-order valence-electron chi connectivity index (χ1n) is 25.9. The summed E-state index contributed by atoms with van der Waals surface area (Å²) in [7, 11) is 3.72. The molecule has 1 saturated heterocycles. The SMILES string of the molecule is C=C1CC2=C(CCCN2c2ccc(-c3cnn(CC4(COCCN5CCNCC5)CC5(C)CCCC(C)(CC5)C4)c3C)c(C(=O)OCc3ccc(OC)cc3)n2)C(C)=C(Nc2nc3ccccc3s2)N1C. The number of para-hydroxylation sites is 1. The van der Waals surface area contributed by atoms with Gasteiger partial charge in [-0.05, 0) is 129 Å². The molecule has 6 heterocycles. The minimum atomic E-state index is -0.480. The zero-order chi connectivity index (χ0) is 49.3. The van der Waals surface area contributed by atoms with Crippen LogP contribution in [0.2, 0.25) is 0 Å². The molecule has 71 heavy (non-hydrogen) atoms. The van der Waals surface area contributed by atoms with Crippen molar-refractivity contribution in [3.63, 3.8) is 0 Å². The molecule has 3 aliphatic heterocycles. The van der Waals surface area contributed by atoms with Gasteiger partial charge in [-0.25, -0.2) is 14.8 Å². The van der Waals surface area contributed by atoms with Gasteiger partial charge in [-0.15, -0.1) is 0 Å². The Bertz CT molecular complexity index is 2770. The van der Waals surface area contributed by atoms with Crippen LogP contribution in [0.3, 0.4) is 0 Å². The van der Waals surface area contributed by atoms with Crippen LogP contribution in [0.15, 0.2) is 102 Å². The summed E-state index contributed by atoms with van der Waals surface area (Å²) in [5.74, 6) is 1.94. The number of pyridine rings is 1. The number of thiazole rings is 1. The van der Waals surface area contributed by atoms with Crippen molar-refractivity contribution >= 4 is 38.5 Å². The summed E-state index contributed by atoms with van der Waals surface area (Å²) in [5, 5.41) is 13.2. The Labute approximate surface area is 424 Å². The fourth-order valence-corrected chi connectivity index (χ4v) is 13.4. The van der Waals surface area contributed by atoms with Gasteiger partial charge in [-0.1, -0.05) is 62.4 Å². The number of ether oxygens (including phenoxy) is 3. The standard InChI is InChI=1S/C57H73N9O4S/c1-39-32-48-44(40(2)52(63(39)6)62-54-60-47-13-8-9-14-49(47)71-54)12-10-27-65(48)50-20-19-45(51(61-50)53(67)70-34-42-15-17-43(68-7)18-16-42)46-33-59-66(41(46)3)37-57(38-69-31-30-64-28-25-58-26-29-64)35-55(4)21-11-22-56(5,36-57)24-23-55/h8-9,13-20,33,58H,1,10-12,21-32,34-38H2,2-7H3,(H,60,62). The van der Waals surface area contributed by atoms with Crippen LogP contribution in [0.1, 0.15) is 107 Å². The van der Waals surface area contributed by atoms with Gasteiger partial charge >= 0.3 is 5.97 Å². The molecule has 2 aliphatic carbocycles. The van der Waals surface area contributed by atoms with E-state index in [1.165, 1.54) is 37.7 Å². The zero-order valence-electron chi connectivity index (χ0n) is 42.9. The smallest absolute Gasteiger partial charge is 0.358 e. The molecule has 10 rings (SSSR count). The van der Waals surface area contributed by atoms with Crippen LogP contribution in [0.4, 0.5) is 10.9 Å². The fraction of sp³-hybridized carbons (Fsp3) is 0.509. The highest BCUT2D eigenvalue weighted by Crippen LogP contribution is 2.58. The van der Waals surface area contributed by atoms with Crippen LogP contribution < -0.4 is 20.3 Å². The van der Waals surface area contributed by atoms with Crippen LogP contribution in [0.25, 0.3) is 21.3 Å². The summed E-state index contributed by atoms with van der Waals surface area (Å²) < 4.78 is 21.7. The average molecular weight is 980 g/mol. The van der Waals surface area contributed by atoms with E-state index in [9.17, 15) is 4.79 Å². The molecule has 0 radical (unpaired) electrons. The van der Waals surface area contributed by atoms with Crippen molar-refractivity contribution in [1.29, 1.82) is 0 Å². The molecule has 2 saturated carbocycles.